The molecule has 0 spiro atoms. The summed E-state index contributed by atoms with van der Waals surface area (Å²) in [5, 5.41) is 7.79. The number of aromatic nitrogens is 2. The molecular weight excluding hydrogens is 436 g/mol. The molecule has 0 aliphatic carbocycles. The van der Waals surface area contributed by atoms with E-state index < -0.39 is 0 Å². The van der Waals surface area contributed by atoms with Gasteiger partial charge in [-0.1, -0.05) is 89.1 Å². The summed E-state index contributed by atoms with van der Waals surface area (Å²) in [6, 6.07) is 21.5. The Kier molecular flexibility index (Phi) is 9.65. The van der Waals surface area contributed by atoms with Gasteiger partial charge in [-0.3, -0.25) is 9.59 Å². The average molecular weight is 475 g/mol. The van der Waals surface area contributed by atoms with E-state index in [4.69, 9.17) is 5.10 Å². The fourth-order valence-electron chi connectivity index (χ4n) is 4.23. The van der Waals surface area contributed by atoms with E-state index in [-0.39, 0.29) is 30.2 Å². The highest BCUT2D eigenvalue weighted by Gasteiger charge is 2.25. The summed E-state index contributed by atoms with van der Waals surface area (Å²) >= 11 is 0. The van der Waals surface area contributed by atoms with Gasteiger partial charge in [0.2, 0.25) is 11.8 Å². The molecule has 0 fully saturated rings. The molecule has 1 heterocycles. The molecule has 0 radical (unpaired) electrons. The lowest BCUT2D eigenvalue weighted by Crippen LogP contribution is -2.43. The molecule has 6 nitrogen and oxygen atoms in total. The number of amides is 2. The van der Waals surface area contributed by atoms with Gasteiger partial charge in [-0.05, 0) is 30.9 Å². The number of carbonyl (C=O) groups excluding carboxylic acids is 2. The lowest BCUT2D eigenvalue weighted by atomic mass is 9.97. The van der Waals surface area contributed by atoms with E-state index >= 15 is 0 Å². The number of hydrogen-bond acceptors (Lipinski definition) is 3. The lowest BCUT2D eigenvalue weighted by Gasteiger charge is -2.28. The van der Waals surface area contributed by atoms with Crippen molar-refractivity contribution in [1.29, 1.82) is 0 Å². The van der Waals surface area contributed by atoms with Gasteiger partial charge in [0.15, 0.2) is 0 Å². The number of carbonyl (C=O) groups is 2. The summed E-state index contributed by atoms with van der Waals surface area (Å²) in [4.78, 5) is 28.3. The zero-order valence-corrected chi connectivity index (χ0v) is 21.4. The second kappa shape index (κ2) is 12.9. The van der Waals surface area contributed by atoms with E-state index in [1.807, 2.05) is 66.7 Å². The Labute approximate surface area is 209 Å². The largest absolute Gasteiger partial charge is 0.333 e. The van der Waals surface area contributed by atoms with Crippen LogP contribution in [0.5, 0.6) is 0 Å². The first kappa shape index (κ1) is 26.2. The van der Waals surface area contributed by atoms with Crippen LogP contribution >= 0.6 is 0 Å². The zero-order chi connectivity index (χ0) is 25.2. The standard InChI is InChI=1S/C29H38N4O2/c1-5-7-14-23(6-2)29(35)32(20-22(3)4)21-28(34)30-27-19-26(24-15-10-8-11-16-24)31-33(27)25-17-12-9-13-18-25/h8-13,15-19,22-23H,5-7,14,20-21H2,1-4H3,(H,30,34). The van der Waals surface area contributed by atoms with Crippen LogP contribution in [-0.2, 0) is 9.59 Å². The summed E-state index contributed by atoms with van der Waals surface area (Å²) < 4.78 is 1.74. The molecule has 1 unspecified atom stereocenters. The van der Waals surface area contributed by atoms with Crippen molar-refractivity contribution in [1.82, 2.24) is 14.7 Å². The van der Waals surface area contributed by atoms with Crippen molar-refractivity contribution in [2.45, 2.75) is 53.4 Å². The third kappa shape index (κ3) is 7.28. The second-order valence-electron chi connectivity index (χ2n) is 9.44. The summed E-state index contributed by atoms with van der Waals surface area (Å²) in [6.45, 7) is 8.91. The third-order valence-electron chi connectivity index (χ3n) is 6.03. The molecule has 1 aromatic heterocycles. The molecule has 2 amide bonds. The molecule has 0 saturated heterocycles. The number of rotatable bonds is 12. The SMILES string of the molecule is CCCCC(CC)C(=O)N(CC(=O)Nc1cc(-c2ccccc2)nn1-c1ccccc1)CC(C)C. The van der Waals surface area contributed by atoms with E-state index in [9.17, 15) is 9.59 Å². The van der Waals surface area contributed by atoms with Gasteiger partial charge in [0.25, 0.3) is 0 Å². The minimum Gasteiger partial charge on any atom is -0.333 e. The fraction of sp³-hybridized carbons (Fsp3) is 0.414. The number of nitrogens with zero attached hydrogens (tertiary/aromatic N) is 3. The molecule has 6 heteroatoms. The van der Waals surface area contributed by atoms with Crippen molar-refractivity contribution >= 4 is 17.6 Å². The molecule has 35 heavy (non-hydrogen) atoms. The van der Waals surface area contributed by atoms with Crippen molar-refractivity contribution in [3.05, 3.63) is 66.7 Å². The van der Waals surface area contributed by atoms with Crippen LogP contribution in [0.25, 0.3) is 16.9 Å². The smallest absolute Gasteiger partial charge is 0.245 e. The molecule has 1 N–H and O–H groups in total. The van der Waals surface area contributed by atoms with Crippen LogP contribution in [0, 0.1) is 11.8 Å². The summed E-state index contributed by atoms with van der Waals surface area (Å²) in [6.07, 6.45) is 3.73. The minimum absolute atomic E-state index is 0.0281. The van der Waals surface area contributed by atoms with Gasteiger partial charge >= 0.3 is 0 Å². The maximum absolute atomic E-state index is 13.3. The molecule has 0 bridgehead atoms. The Morgan fingerprint density at radius 1 is 1.00 bits per heavy atom. The topological polar surface area (TPSA) is 67.2 Å². The van der Waals surface area contributed by atoms with Crippen LogP contribution in [0.4, 0.5) is 5.82 Å². The van der Waals surface area contributed by atoms with Gasteiger partial charge in [-0.2, -0.15) is 5.10 Å². The van der Waals surface area contributed by atoms with Gasteiger partial charge in [0.1, 0.15) is 5.82 Å². The minimum atomic E-state index is -0.221. The lowest BCUT2D eigenvalue weighted by molar-refractivity contribution is -0.139. The van der Waals surface area contributed by atoms with Crippen LogP contribution in [0.15, 0.2) is 66.7 Å². The highest BCUT2D eigenvalue weighted by molar-refractivity contribution is 5.95. The Morgan fingerprint density at radius 2 is 1.66 bits per heavy atom. The Bertz CT molecular complexity index is 1080. The molecular formula is C29H38N4O2. The Balaban J connectivity index is 1.84. The number of nitrogens with one attached hydrogen (secondary N) is 1. The predicted octanol–water partition coefficient (Wildman–Crippen LogP) is 6.18. The molecule has 0 aliphatic heterocycles. The van der Waals surface area contributed by atoms with Crippen molar-refractivity contribution in [2.75, 3.05) is 18.4 Å². The van der Waals surface area contributed by atoms with Crippen molar-refractivity contribution in [2.24, 2.45) is 11.8 Å². The normalized spacial score (nSPS) is 11.9. The highest BCUT2D eigenvalue weighted by Crippen LogP contribution is 2.25. The van der Waals surface area contributed by atoms with E-state index in [1.54, 1.807) is 9.58 Å². The number of hydrogen-bond donors (Lipinski definition) is 1. The summed E-state index contributed by atoms with van der Waals surface area (Å²) in [5.74, 6) is 0.665. The van der Waals surface area contributed by atoms with Crippen molar-refractivity contribution in [3.63, 3.8) is 0 Å². The molecule has 0 saturated carbocycles. The number of anilines is 1. The first-order valence-electron chi connectivity index (χ1n) is 12.7. The monoisotopic (exact) mass is 474 g/mol. The average Bonchev–Trinajstić information content (AvgIpc) is 3.28. The van der Waals surface area contributed by atoms with Crippen molar-refractivity contribution < 1.29 is 9.59 Å². The fourth-order valence-corrected chi connectivity index (χ4v) is 4.23. The maximum Gasteiger partial charge on any atom is 0.245 e. The molecule has 3 rings (SSSR count). The van der Waals surface area contributed by atoms with E-state index in [0.717, 1.165) is 42.6 Å². The van der Waals surface area contributed by atoms with Gasteiger partial charge in [-0.25, -0.2) is 4.68 Å². The first-order chi connectivity index (χ1) is 16.9. The molecule has 3 aromatic rings. The summed E-state index contributed by atoms with van der Waals surface area (Å²) in [7, 11) is 0. The van der Waals surface area contributed by atoms with Gasteiger partial charge in [-0.15, -0.1) is 0 Å². The maximum atomic E-state index is 13.3. The number of benzene rings is 2. The van der Waals surface area contributed by atoms with Crippen LogP contribution in [-0.4, -0.2) is 39.6 Å². The molecule has 1 atom stereocenters. The highest BCUT2D eigenvalue weighted by atomic mass is 16.2. The summed E-state index contributed by atoms with van der Waals surface area (Å²) in [5.41, 5.74) is 2.59. The number of para-hydroxylation sites is 1. The molecule has 186 valence electrons. The first-order valence-corrected chi connectivity index (χ1v) is 12.7. The zero-order valence-electron chi connectivity index (χ0n) is 21.4. The Hall–Kier alpha value is -3.41. The molecule has 0 aliphatic rings. The van der Waals surface area contributed by atoms with Gasteiger partial charge in [0.05, 0.1) is 17.9 Å². The van der Waals surface area contributed by atoms with Crippen LogP contribution in [0.3, 0.4) is 0 Å². The third-order valence-corrected chi connectivity index (χ3v) is 6.03. The molecule has 2 aromatic carbocycles. The van der Waals surface area contributed by atoms with Gasteiger partial charge < -0.3 is 10.2 Å². The van der Waals surface area contributed by atoms with Crippen molar-refractivity contribution in [3.8, 4) is 16.9 Å². The van der Waals surface area contributed by atoms with Gasteiger partial charge in [0, 0.05) is 24.1 Å². The quantitative estimate of drug-likeness (QED) is 0.341. The van der Waals surface area contributed by atoms with E-state index in [1.165, 1.54) is 0 Å². The Morgan fingerprint density at radius 3 is 2.26 bits per heavy atom. The van der Waals surface area contributed by atoms with Crippen LogP contribution in [0.1, 0.15) is 53.4 Å². The predicted molar refractivity (Wildman–Crippen MR) is 142 cm³/mol. The van der Waals surface area contributed by atoms with Crippen LogP contribution < -0.4 is 5.32 Å². The number of unbranched alkanes of at least 4 members (excludes halogenated alkanes) is 1. The van der Waals surface area contributed by atoms with Crippen LogP contribution in [0.2, 0.25) is 0 Å². The van der Waals surface area contributed by atoms with E-state index in [2.05, 4.69) is 33.0 Å². The second-order valence-corrected chi connectivity index (χ2v) is 9.44. The van der Waals surface area contributed by atoms with E-state index in [0.29, 0.717) is 12.4 Å².